The van der Waals surface area contributed by atoms with Gasteiger partial charge in [0.25, 0.3) is 6.43 Å². The number of rotatable bonds is 4. The number of aryl methyl sites for hydroxylation is 1. The molecule has 2 aromatic carbocycles. The molecule has 8 heteroatoms. The second-order valence-corrected chi connectivity index (χ2v) is 6.23. The molecular weight excluding hydrogens is 402 g/mol. The highest BCUT2D eigenvalue weighted by atomic mass is 79.9. The summed E-state index contributed by atoms with van der Waals surface area (Å²) in [6.07, 6.45) is -2.89. The lowest BCUT2D eigenvalue weighted by molar-refractivity contribution is 0.146. The number of anilines is 1. The van der Waals surface area contributed by atoms with Gasteiger partial charge in [-0.3, -0.25) is 0 Å². The second-order valence-electron chi connectivity index (χ2n) is 5.38. The van der Waals surface area contributed by atoms with Gasteiger partial charge in [0.2, 0.25) is 0 Å². The molecule has 0 fully saturated rings. The fourth-order valence-electron chi connectivity index (χ4n) is 2.46. The van der Waals surface area contributed by atoms with Crippen molar-refractivity contribution in [2.24, 2.45) is 0 Å². The van der Waals surface area contributed by atoms with Crippen molar-refractivity contribution < 1.29 is 17.6 Å². The minimum Gasteiger partial charge on any atom is -0.365 e. The van der Waals surface area contributed by atoms with Crippen molar-refractivity contribution in [1.29, 1.82) is 0 Å². The number of alkyl halides is 2. The first kappa shape index (κ1) is 17.6. The Bertz CT molecular complexity index is 947. The Morgan fingerprint density at radius 2 is 1.92 bits per heavy atom. The van der Waals surface area contributed by atoms with E-state index in [0.29, 0.717) is 22.5 Å². The largest absolute Gasteiger partial charge is 0.365 e. The van der Waals surface area contributed by atoms with E-state index in [2.05, 4.69) is 31.2 Å². The molecule has 25 heavy (non-hydrogen) atoms. The molecule has 130 valence electrons. The Hall–Kier alpha value is -2.22. The highest BCUT2D eigenvalue weighted by Crippen LogP contribution is 2.28. The summed E-state index contributed by atoms with van der Waals surface area (Å²) in [6, 6.07) is 6.61. The van der Waals surface area contributed by atoms with Crippen molar-refractivity contribution in [3.63, 3.8) is 0 Å². The summed E-state index contributed by atoms with van der Waals surface area (Å²) in [6.45, 7) is 1.59. The molecule has 1 N–H and O–H groups in total. The Balaban J connectivity index is 1.97. The van der Waals surface area contributed by atoms with Crippen LogP contribution < -0.4 is 5.32 Å². The van der Waals surface area contributed by atoms with Crippen molar-refractivity contribution in [2.45, 2.75) is 19.9 Å². The van der Waals surface area contributed by atoms with Crippen LogP contribution in [0.25, 0.3) is 10.9 Å². The van der Waals surface area contributed by atoms with E-state index in [0.717, 1.165) is 6.07 Å². The summed E-state index contributed by atoms with van der Waals surface area (Å²) in [5, 5.41) is 3.45. The van der Waals surface area contributed by atoms with Crippen LogP contribution in [-0.2, 0) is 6.54 Å². The maximum absolute atomic E-state index is 14.1. The smallest absolute Gasteiger partial charge is 0.266 e. The first-order valence-corrected chi connectivity index (χ1v) is 8.09. The summed E-state index contributed by atoms with van der Waals surface area (Å²) in [5.41, 5.74) is -0.172. The summed E-state index contributed by atoms with van der Waals surface area (Å²) < 4.78 is 53.6. The third-order valence-electron chi connectivity index (χ3n) is 3.64. The van der Waals surface area contributed by atoms with Gasteiger partial charge < -0.3 is 5.32 Å². The van der Waals surface area contributed by atoms with Crippen molar-refractivity contribution in [1.82, 2.24) is 9.97 Å². The Kier molecular flexibility index (Phi) is 4.89. The molecule has 3 aromatic rings. The topological polar surface area (TPSA) is 37.8 Å². The van der Waals surface area contributed by atoms with Crippen molar-refractivity contribution in [2.75, 3.05) is 5.32 Å². The molecular formula is C17H12BrF4N3. The lowest BCUT2D eigenvalue weighted by atomic mass is 10.1. The molecule has 0 saturated heterocycles. The third kappa shape index (κ3) is 3.58. The van der Waals surface area contributed by atoms with Gasteiger partial charge in [0.15, 0.2) is 0 Å². The molecule has 0 amide bonds. The zero-order chi connectivity index (χ0) is 18.1. The van der Waals surface area contributed by atoms with Crippen LogP contribution in [0.15, 0.2) is 34.8 Å². The molecule has 0 bridgehead atoms. The van der Waals surface area contributed by atoms with Gasteiger partial charge in [-0.15, -0.1) is 0 Å². The first-order valence-electron chi connectivity index (χ1n) is 7.29. The summed E-state index contributed by atoms with van der Waals surface area (Å²) in [5.74, 6) is -0.650. The number of nitrogens with zero attached hydrogens (tertiary/aromatic N) is 2. The minimum atomic E-state index is -2.89. The van der Waals surface area contributed by atoms with Crippen molar-refractivity contribution in [3.8, 4) is 0 Å². The zero-order valence-corrected chi connectivity index (χ0v) is 14.5. The van der Waals surface area contributed by atoms with E-state index in [-0.39, 0.29) is 16.6 Å². The van der Waals surface area contributed by atoms with Crippen LogP contribution in [0.3, 0.4) is 0 Å². The lowest BCUT2D eigenvalue weighted by Gasteiger charge is -2.12. The molecule has 0 aliphatic carbocycles. The lowest BCUT2D eigenvalue weighted by Crippen LogP contribution is -2.07. The standard InChI is InChI=1S/C17H12BrF4N3/c1-8-24-14-6-13(19)12(18)5-11(14)17(25-8)23-7-9-3-2-4-10(15(9)20)16(21)22/h2-6,16H,7H2,1H3,(H,23,24,25). The number of hydrogen-bond donors (Lipinski definition) is 1. The molecule has 3 rings (SSSR count). The average Bonchev–Trinajstić information content (AvgIpc) is 2.55. The van der Waals surface area contributed by atoms with Crippen LogP contribution in [0.2, 0.25) is 0 Å². The molecule has 0 spiro atoms. The van der Waals surface area contributed by atoms with E-state index in [1.54, 1.807) is 6.92 Å². The number of halogens is 5. The molecule has 0 atom stereocenters. The predicted molar refractivity (Wildman–Crippen MR) is 90.6 cm³/mol. The van der Waals surface area contributed by atoms with Gasteiger partial charge in [0.05, 0.1) is 15.6 Å². The normalized spacial score (nSPS) is 11.3. The molecule has 3 nitrogen and oxygen atoms in total. The number of aromatic nitrogens is 2. The van der Waals surface area contributed by atoms with Crippen LogP contribution in [0.4, 0.5) is 23.4 Å². The fourth-order valence-corrected chi connectivity index (χ4v) is 2.80. The van der Waals surface area contributed by atoms with Crippen molar-refractivity contribution in [3.05, 3.63) is 63.4 Å². The van der Waals surface area contributed by atoms with E-state index in [1.807, 2.05) is 0 Å². The van der Waals surface area contributed by atoms with Crippen LogP contribution in [0.5, 0.6) is 0 Å². The molecule has 1 aromatic heterocycles. The Morgan fingerprint density at radius 1 is 1.16 bits per heavy atom. The molecule has 0 aliphatic rings. The van der Waals surface area contributed by atoms with Crippen LogP contribution in [-0.4, -0.2) is 9.97 Å². The predicted octanol–water partition coefficient (Wildman–Crippen LogP) is 5.53. The SMILES string of the molecule is Cc1nc(NCc2cccc(C(F)F)c2F)c2cc(Br)c(F)cc2n1. The number of hydrogen-bond acceptors (Lipinski definition) is 3. The first-order chi connectivity index (χ1) is 11.9. The molecule has 0 unspecified atom stereocenters. The highest BCUT2D eigenvalue weighted by molar-refractivity contribution is 9.10. The summed E-state index contributed by atoms with van der Waals surface area (Å²) in [4.78, 5) is 8.40. The van der Waals surface area contributed by atoms with E-state index >= 15 is 0 Å². The minimum absolute atomic E-state index is 0.0487. The second kappa shape index (κ2) is 6.95. The quantitative estimate of drug-likeness (QED) is 0.571. The molecule has 0 saturated carbocycles. The van der Waals surface area contributed by atoms with E-state index in [1.165, 1.54) is 24.3 Å². The van der Waals surface area contributed by atoms with Crippen LogP contribution in [0.1, 0.15) is 23.4 Å². The number of fused-ring (bicyclic) bond motifs is 1. The van der Waals surface area contributed by atoms with Gasteiger partial charge >= 0.3 is 0 Å². The van der Waals surface area contributed by atoms with Crippen LogP contribution >= 0.6 is 15.9 Å². The van der Waals surface area contributed by atoms with Gasteiger partial charge in [-0.25, -0.2) is 27.5 Å². The van der Waals surface area contributed by atoms with Gasteiger partial charge in [-0.05, 0) is 28.9 Å². The Morgan fingerprint density at radius 3 is 2.64 bits per heavy atom. The summed E-state index contributed by atoms with van der Waals surface area (Å²) >= 11 is 3.10. The van der Waals surface area contributed by atoms with Gasteiger partial charge in [-0.1, -0.05) is 18.2 Å². The number of nitrogens with one attached hydrogen (secondary N) is 1. The Labute approximate surface area is 149 Å². The summed E-state index contributed by atoms with van der Waals surface area (Å²) in [7, 11) is 0. The molecule has 0 aliphatic heterocycles. The molecule has 1 heterocycles. The van der Waals surface area contributed by atoms with E-state index in [9.17, 15) is 17.6 Å². The van der Waals surface area contributed by atoms with E-state index < -0.39 is 23.6 Å². The van der Waals surface area contributed by atoms with Crippen molar-refractivity contribution >= 4 is 32.7 Å². The molecule has 0 radical (unpaired) electrons. The monoisotopic (exact) mass is 413 g/mol. The fraction of sp³-hybridized carbons (Fsp3) is 0.176. The average molecular weight is 414 g/mol. The maximum Gasteiger partial charge on any atom is 0.266 e. The van der Waals surface area contributed by atoms with Crippen LogP contribution in [0, 0.1) is 18.6 Å². The highest BCUT2D eigenvalue weighted by Gasteiger charge is 2.16. The maximum atomic E-state index is 14.1. The van der Waals surface area contributed by atoms with Gasteiger partial charge in [-0.2, -0.15) is 0 Å². The van der Waals surface area contributed by atoms with Gasteiger partial charge in [0, 0.05) is 23.6 Å². The zero-order valence-electron chi connectivity index (χ0n) is 13.0. The number of benzene rings is 2. The third-order valence-corrected chi connectivity index (χ3v) is 4.25. The van der Waals surface area contributed by atoms with Gasteiger partial charge in [0.1, 0.15) is 23.3 Å². The van der Waals surface area contributed by atoms with E-state index in [4.69, 9.17) is 0 Å².